The van der Waals surface area contributed by atoms with Gasteiger partial charge in [0.25, 0.3) is 0 Å². The summed E-state index contributed by atoms with van der Waals surface area (Å²) in [4.78, 5) is 23.9. The number of methoxy groups -OCH3 is 1. The van der Waals surface area contributed by atoms with E-state index in [4.69, 9.17) is 4.74 Å². The van der Waals surface area contributed by atoms with Crippen LogP contribution in [0.3, 0.4) is 0 Å². The Balaban J connectivity index is 1.53. The summed E-state index contributed by atoms with van der Waals surface area (Å²) in [5.74, 6) is 0.877. The van der Waals surface area contributed by atoms with Gasteiger partial charge in [0.05, 0.1) is 12.8 Å². The second-order valence-electron chi connectivity index (χ2n) is 7.18. The summed E-state index contributed by atoms with van der Waals surface area (Å²) in [5.41, 5.74) is 3.28. The number of unbranched alkanes of at least 4 members (excludes halogenated alkanes) is 1. The smallest absolute Gasteiger partial charge is 0.220 e. The van der Waals surface area contributed by atoms with E-state index in [1.807, 2.05) is 43.4 Å². The molecule has 0 saturated carbocycles. The third-order valence-corrected chi connectivity index (χ3v) is 4.91. The van der Waals surface area contributed by atoms with Crippen molar-refractivity contribution in [1.29, 1.82) is 0 Å². The SMILES string of the molecule is CNc1cc(CCNC(=O)CCCCC(=O)NCCc2ccccc2)ccc1OC. The molecule has 2 aromatic rings. The molecule has 3 N–H and O–H groups in total. The van der Waals surface area contributed by atoms with Gasteiger partial charge >= 0.3 is 0 Å². The molecule has 2 rings (SSSR count). The highest BCUT2D eigenvalue weighted by Crippen LogP contribution is 2.24. The Kier molecular flexibility index (Phi) is 10.3. The second-order valence-corrected chi connectivity index (χ2v) is 7.18. The Hall–Kier alpha value is -3.02. The molecular weight excluding hydrogens is 378 g/mol. The molecule has 0 radical (unpaired) electrons. The lowest BCUT2D eigenvalue weighted by molar-refractivity contribution is -0.123. The van der Waals surface area contributed by atoms with Crippen LogP contribution in [0.15, 0.2) is 48.5 Å². The highest BCUT2D eigenvalue weighted by Gasteiger charge is 2.06. The zero-order valence-electron chi connectivity index (χ0n) is 18.0. The van der Waals surface area contributed by atoms with Gasteiger partial charge < -0.3 is 20.7 Å². The van der Waals surface area contributed by atoms with Crippen molar-refractivity contribution >= 4 is 17.5 Å². The Morgan fingerprint density at radius 3 is 2.00 bits per heavy atom. The summed E-state index contributed by atoms with van der Waals surface area (Å²) in [6.07, 6.45) is 3.93. The Bertz CT molecular complexity index is 794. The first-order chi connectivity index (χ1) is 14.6. The van der Waals surface area contributed by atoms with E-state index in [-0.39, 0.29) is 11.8 Å². The fourth-order valence-electron chi connectivity index (χ4n) is 3.19. The molecule has 0 aliphatic heterocycles. The molecule has 0 heterocycles. The summed E-state index contributed by atoms with van der Waals surface area (Å²) < 4.78 is 5.29. The van der Waals surface area contributed by atoms with Gasteiger partial charge in [0.15, 0.2) is 0 Å². The Morgan fingerprint density at radius 1 is 0.833 bits per heavy atom. The zero-order chi connectivity index (χ0) is 21.6. The molecule has 2 amide bonds. The molecule has 0 bridgehead atoms. The number of hydrogen-bond donors (Lipinski definition) is 3. The first-order valence-corrected chi connectivity index (χ1v) is 10.5. The van der Waals surface area contributed by atoms with Crippen molar-refractivity contribution in [2.75, 3.05) is 32.6 Å². The van der Waals surface area contributed by atoms with Crippen LogP contribution in [-0.4, -0.2) is 39.1 Å². The van der Waals surface area contributed by atoms with E-state index in [1.54, 1.807) is 7.11 Å². The van der Waals surface area contributed by atoms with Crippen molar-refractivity contribution in [3.05, 3.63) is 59.7 Å². The largest absolute Gasteiger partial charge is 0.495 e. The third-order valence-electron chi connectivity index (χ3n) is 4.91. The summed E-state index contributed by atoms with van der Waals surface area (Å²) in [6.45, 7) is 1.23. The quantitative estimate of drug-likeness (QED) is 0.442. The molecule has 0 spiro atoms. The van der Waals surface area contributed by atoms with Crippen LogP contribution in [0.1, 0.15) is 36.8 Å². The van der Waals surface area contributed by atoms with Crippen molar-refractivity contribution in [2.24, 2.45) is 0 Å². The molecule has 0 aromatic heterocycles. The monoisotopic (exact) mass is 411 g/mol. The first-order valence-electron chi connectivity index (χ1n) is 10.5. The standard InChI is InChI=1S/C24H33N3O3/c1-25-21-18-20(12-13-22(21)30-2)15-17-27-24(29)11-7-6-10-23(28)26-16-14-19-8-4-3-5-9-19/h3-5,8-9,12-13,18,25H,6-7,10-11,14-17H2,1-2H3,(H,26,28)(H,27,29). The highest BCUT2D eigenvalue weighted by molar-refractivity contribution is 5.77. The molecule has 30 heavy (non-hydrogen) atoms. The minimum absolute atomic E-state index is 0.0295. The van der Waals surface area contributed by atoms with E-state index in [1.165, 1.54) is 5.56 Å². The molecule has 0 aliphatic rings. The van der Waals surface area contributed by atoms with Crippen LogP contribution in [-0.2, 0) is 22.4 Å². The first kappa shape index (κ1) is 23.3. The van der Waals surface area contributed by atoms with Crippen molar-refractivity contribution in [3.63, 3.8) is 0 Å². The molecule has 0 aliphatic carbocycles. The van der Waals surface area contributed by atoms with Crippen LogP contribution in [0.4, 0.5) is 5.69 Å². The summed E-state index contributed by atoms with van der Waals surface area (Å²) in [6, 6.07) is 16.0. The predicted octanol–water partition coefficient (Wildman–Crippen LogP) is 3.31. The maximum absolute atomic E-state index is 12.0. The number of amides is 2. The highest BCUT2D eigenvalue weighted by atomic mass is 16.5. The van der Waals surface area contributed by atoms with Crippen LogP contribution in [0.5, 0.6) is 5.75 Å². The zero-order valence-corrected chi connectivity index (χ0v) is 18.0. The van der Waals surface area contributed by atoms with Crippen molar-refractivity contribution in [3.8, 4) is 5.75 Å². The number of anilines is 1. The van der Waals surface area contributed by atoms with E-state index in [2.05, 4.69) is 28.1 Å². The Labute approximate surface area is 179 Å². The van der Waals surface area contributed by atoms with E-state index in [0.717, 1.165) is 29.8 Å². The normalized spacial score (nSPS) is 10.3. The average molecular weight is 412 g/mol. The van der Waals surface area contributed by atoms with E-state index in [9.17, 15) is 9.59 Å². The summed E-state index contributed by atoms with van der Waals surface area (Å²) >= 11 is 0. The minimum atomic E-state index is 0.0295. The van der Waals surface area contributed by atoms with Crippen LogP contribution in [0.25, 0.3) is 0 Å². The lowest BCUT2D eigenvalue weighted by Gasteiger charge is -2.11. The molecule has 162 valence electrons. The second kappa shape index (κ2) is 13.2. The number of carbonyl (C=O) groups excluding carboxylic acids is 2. The van der Waals surface area contributed by atoms with Crippen LogP contribution in [0.2, 0.25) is 0 Å². The van der Waals surface area contributed by atoms with Crippen LogP contribution in [0, 0.1) is 0 Å². The maximum atomic E-state index is 12.0. The number of rotatable bonds is 13. The number of ether oxygens (including phenoxy) is 1. The fourth-order valence-corrected chi connectivity index (χ4v) is 3.19. The van der Waals surface area contributed by atoms with Crippen molar-refractivity contribution < 1.29 is 14.3 Å². The molecule has 0 atom stereocenters. The number of benzene rings is 2. The molecule has 0 fully saturated rings. The lowest BCUT2D eigenvalue weighted by atomic mass is 10.1. The van der Waals surface area contributed by atoms with Gasteiger partial charge in [-0.05, 0) is 48.9 Å². The van der Waals surface area contributed by atoms with Gasteiger partial charge in [-0.25, -0.2) is 0 Å². The van der Waals surface area contributed by atoms with Crippen LogP contribution >= 0.6 is 0 Å². The molecule has 0 saturated heterocycles. The van der Waals surface area contributed by atoms with Gasteiger partial charge in [-0.2, -0.15) is 0 Å². The molecular formula is C24H33N3O3. The average Bonchev–Trinajstić information content (AvgIpc) is 2.77. The maximum Gasteiger partial charge on any atom is 0.220 e. The van der Waals surface area contributed by atoms with E-state index >= 15 is 0 Å². The number of nitrogens with one attached hydrogen (secondary N) is 3. The summed E-state index contributed by atoms with van der Waals surface area (Å²) in [7, 11) is 3.50. The number of carbonyl (C=O) groups is 2. The van der Waals surface area contributed by atoms with E-state index in [0.29, 0.717) is 38.8 Å². The molecule has 0 unspecified atom stereocenters. The predicted molar refractivity (Wildman–Crippen MR) is 121 cm³/mol. The Morgan fingerprint density at radius 2 is 1.43 bits per heavy atom. The third kappa shape index (κ3) is 8.55. The van der Waals surface area contributed by atoms with Gasteiger partial charge in [-0.1, -0.05) is 36.4 Å². The van der Waals surface area contributed by atoms with E-state index < -0.39 is 0 Å². The van der Waals surface area contributed by atoms with Crippen LogP contribution < -0.4 is 20.7 Å². The van der Waals surface area contributed by atoms with Gasteiger partial charge in [-0.3, -0.25) is 9.59 Å². The molecule has 6 heteroatoms. The van der Waals surface area contributed by atoms with Crippen molar-refractivity contribution in [1.82, 2.24) is 10.6 Å². The van der Waals surface area contributed by atoms with Crippen molar-refractivity contribution in [2.45, 2.75) is 38.5 Å². The number of hydrogen-bond acceptors (Lipinski definition) is 4. The summed E-state index contributed by atoms with van der Waals surface area (Å²) in [5, 5.41) is 8.99. The molecule has 6 nitrogen and oxygen atoms in total. The lowest BCUT2D eigenvalue weighted by Crippen LogP contribution is -2.26. The fraction of sp³-hybridized carbons (Fsp3) is 0.417. The van der Waals surface area contributed by atoms with Gasteiger partial charge in [0.1, 0.15) is 5.75 Å². The minimum Gasteiger partial charge on any atom is -0.495 e. The molecule has 2 aromatic carbocycles. The topological polar surface area (TPSA) is 79.5 Å². The van der Waals surface area contributed by atoms with Gasteiger partial charge in [-0.15, -0.1) is 0 Å². The van der Waals surface area contributed by atoms with Gasteiger partial charge in [0.2, 0.25) is 11.8 Å². The van der Waals surface area contributed by atoms with Gasteiger partial charge in [0, 0.05) is 33.0 Å².